The normalized spacial score (nSPS) is 12.0. The van der Waals surface area contributed by atoms with E-state index in [4.69, 9.17) is 5.84 Å². The highest BCUT2D eigenvalue weighted by molar-refractivity contribution is 5.44. The van der Waals surface area contributed by atoms with Crippen LogP contribution in [0.4, 0.5) is 16.2 Å². The summed E-state index contributed by atoms with van der Waals surface area (Å²) in [6, 6.07) is 7.85. The van der Waals surface area contributed by atoms with E-state index >= 15 is 0 Å². The lowest BCUT2D eigenvalue weighted by molar-refractivity contribution is 0.614. The molecule has 1 aromatic carbocycles. The van der Waals surface area contributed by atoms with E-state index in [0.29, 0.717) is 0 Å². The molecule has 0 bridgehead atoms. The van der Waals surface area contributed by atoms with Crippen LogP contribution in [0.2, 0.25) is 0 Å². The number of hydrazine groups is 1. The zero-order valence-corrected chi connectivity index (χ0v) is 10.8. The zero-order valence-electron chi connectivity index (χ0n) is 10.8. The van der Waals surface area contributed by atoms with Crippen LogP contribution in [0, 0.1) is 12.7 Å². The van der Waals surface area contributed by atoms with Gasteiger partial charge >= 0.3 is 0 Å². The van der Waals surface area contributed by atoms with Crippen molar-refractivity contribution in [3.63, 3.8) is 0 Å². The number of halogens is 1. The fourth-order valence-electron chi connectivity index (χ4n) is 1.89. The maximum Gasteiger partial charge on any atom is 0.239 e. The second kappa shape index (κ2) is 5.62. The minimum atomic E-state index is -0.514. The van der Waals surface area contributed by atoms with Crippen molar-refractivity contribution in [2.75, 3.05) is 10.7 Å². The third-order valence-electron chi connectivity index (χ3n) is 2.88. The number of hydrogen-bond acceptors (Lipinski definition) is 5. The van der Waals surface area contributed by atoms with Crippen molar-refractivity contribution in [1.29, 1.82) is 0 Å². The zero-order chi connectivity index (χ0) is 13.8. The van der Waals surface area contributed by atoms with Gasteiger partial charge in [-0.1, -0.05) is 24.3 Å². The van der Waals surface area contributed by atoms with Crippen LogP contribution in [-0.4, -0.2) is 9.97 Å². The van der Waals surface area contributed by atoms with Crippen LogP contribution in [0.3, 0.4) is 0 Å². The fraction of sp³-hybridized carbons (Fsp3) is 0.231. The summed E-state index contributed by atoms with van der Waals surface area (Å²) in [5.74, 6) is 4.99. The number of anilines is 2. The second-order valence-electron chi connectivity index (χ2n) is 4.26. The molecule has 0 saturated heterocycles. The summed E-state index contributed by atoms with van der Waals surface area (Å²) in [5.41, 5.74) is 4.51. The van der Waals surface area contributed by atoms with Gasteiger partial charge in [0.15, 0.2) is 11.6 Å². The highest BCUT2D eigenvalue weighted by Crippen LogP contribution is 2.22. The number of aryl methyl sites for hydroxylation is 1. The molecule has 2 aromatic rings. The van der Waals surface area contributed by atoms with Gasteiger partial charge in [0.1, 0.15) is 0 Å². The van der Waals surface area contributed by atoms with Gasteiger partial charge < -0.3 is 5.32 Å². The van der Waals surface area contributed by atoms with Crippen LogP contribution in [0.1, 0.15) is 24.1 Å². The monoisotopic (exact) mass is 261 g/mol. The first kappa shape index (κ1) is 13.2. The Balaban J connectivity index is 2.24. The Hall–Kier alpha value is -2.21. The van der Waals surface area contributed by atoms with Gasteiger partial charge in [-0.05, 0) is 25.0 Å². The van der Waals surface area contributed by atoms with Crippen LogP contribution < -0.4 is 16.6 Å². The van der Waals surface area contributed by atoms with Crippen molar-refractivity contribution in [3.8, 4) is 0 Å². The van der Waals surface area contributed by atoms with Crippen molar-refractivity contribution < 1.29 is 4.39 Å². The Bertz CT molecular complexity index is 573. The van der Waals surface area contributed by atoms with Gasteiger partial charge in [-0.2, -0.15) is 4.98 Å². The fourth-order valence-corrected chi connectivity index (χ4v) is 1.89. The summed E-state index contributed by atoms with van der Waals surface area (Å²) < 4.78 is 13.6. The molecule has 1 heterocycles. The standard InChI is InChI=1S/C13H16FN5/c1-8-5-3-4-6-10(8)9(2)17-12-11(14)7-16-13(18-12)19-15/h3-7,9H,15H2,1-2H3,(H2,16,17,18,19). The van der Waals surface area contributed by atoms with E-state index in [-0.39, 0.29) is 17.8 Å². The highest BCUT2D eigenvalue weighted by atomic mass is 19.1. The molecule has 0 fully saturated rings. The Labute approximate surface area is 111 Å². The molecule has 19 heavy (non-hydrogen) atoms. The molecule has 0 aliphatic heterocycles. The number of aromatic nitrogens is 2. The number of rotatable bonds is 4. The molecule has 5 nitrogen and oxygen atoms in total. The van der Waals surface area contributed by atoms with E-state index in [1.807, 2.05) is 38.1 Å². The molecule has 0 aliphatic rings. The topological polar surface area (TPSA) is 75.9 Å². The summed E-state index contributed by atoms with van der Waals surface area (Å²) in [5, 5.41) is 3.02. The average molecular weight is 261 g/mol. The first-order chi connectivity index (χ1) is 9.11. The molecular weight excluding hydrogens is 245 g/mol. The third kappa shape index (κ3) is 2.97. The van der Waals surface area contributed by atoms with Gasteiger partial charge in [0.05, 0.1) is 12.2 Å². The van der Waals surface area contributed by atoms with E-state index in [9.17, 15) is 4.39 Å². The van der Waals surface area contributed by atoms with E-state index in [1.54, 1.807) is 0 Å². The van der Waals surface area contributed by atoms with Crippen LogP contribution in [-0.2, 0) is 0 Å². The maximum atomic E-state index is 13.6. The smallest absolute Gasteiger partial charge is 0.239 e. The molecule has 0 aliphatic carbocycles. The molecule has 0 saturated carbocycles. The Morgan fingerprint density at radius 2 is 2.05 bits per heavy atom. The van der Waals surface area contributed by atoms with E-state index in [1.165, 1.54) is 0 Å². The van der Waals surface area contributed by atoms with Gasteiger partial charge in [-0.3, -0.25) is 5.43 Å². The minimum absolute atomic E-state index is 0.0729. The van der Waals surface area contributed by atoms with Crippen molar-refractivity contribution in [3.05, 3.63) is 47.4 Å². The van der Waals surface area contributed by atoms with Crippen LogP contribution >= 0.6 is 0 Å². The SMILES string of the molecule is Cc1ccccc1C(C)Nc1nc(NN)ncc1F. The molecule has 6 heteroatoms. The molecule has 2 rings (SSSR count). The minimum Gasteiger partial charge on any atom is -0.361 e. The number of hydrogen-bond donors (Lipinski definition) is 3. The number of nitrogens with one attached hydrogen (secondary N) is 2. The molecule has 1 aromatic heterocycles. The molecule has 0 radical (unpaired) electrons. The molecular formula is C13H16FN5. The number of benzene rings is 1. The number of nitrogens with zero attached hydrogens (tertiary/aromatic N) is 2. The number of nitrogen functional groups attached to an aromatic ring is 1. The van der Waals surface area contributed by atoms with Gasteiger partial charge in [0, 0.05) is 0 Å². The average Bonchev–Trinajstić information content (AvgIpc) is 2.41. The predicted molar refractivity (Wildman–Crippen MR) is 73.0 cm³/mol. The Morgan fingerprint density at radius 3 is 2.74 bits per heavy atom. The van der Waals surface area contributed by atoms with E-state index in [0.717, 1.165) is 17.3 Å². The summed E-state index contributed by atoms with van der Waals surface area (Å²) in [7, 11) is 0. The van der Waals surface area contributed by atoms with Crippen LogP contribution in [0.5, 0.6) is 0 Å². The first-order valence-electron chi connectivity index (χ1n) is 5.93. The van der Waals surface area contributed by atoms with Crippen molar-refractivity contribution in [2.45, 2.75) is 19.9 Å². The van der Waals surface area contributed by atoms with E-state index < -0.39 is 5.82 Å². The van der Waals surface area contributed by atoms with Crippen molar-refractivity contribution in [1.82, 2.24) is 9.97 Å². The quantitative estimate of drug-likeness (QED) is 0.582. The lowest BCUT2D eigenvalue weighted by Gasteiger charge is -2.17. The van der Waals surface area contributed by atoms with Gasteiger partial charge in [-0.25, -0.2) is 15.2 Å². The van der Waals surface area contributed by atoms with Crippen molar-refractivity contribution >= 4 is 11.8 Å². The largest absolute Gasteiger partial charge is 0.361 e. The van der Waals surface area contributed by atoms with Crippen LogP contribution in [0.25, 0.3) is 0 Å². The molecule has 1 atom stereocenters. The summed E-state index contributed by atoms with van der Waals surface area (Å²) >= 11 is 0. The van der Waals surface area contributed by atoms with Gasteiger partial charge in [0.25, 0.3) is 0 Å². The number of nitrogens with two attached hydrogens (primary N) is 1. The van der Waals surface area contributed by atoms with E-state index in [2.05, 4.69) is 20.7 Å². The molecule has 100 valence electrons. The lowest BCUT2D eigenvalue weighted by Crippen LogP contribution is -2.15. The molecule has 0 amide bonds. The first-order valence-corrected chi connectivity index (χ1v) is 5.93. The summed E-state index contributed by atoms with van der Waals surface area (Å²) in [6.07, 6.45) is 1.08. The summed E-state index contributed by atoms with van der Waals surface area (Å²) in [6.45, 7) is 3.95. The molecule has 1 unspecified atom stereocenters. The molecule has 0 spiro atoms. The van der Waals surface area contributed by atoms with Crippen molar-refractivity contribution in [2.24, 2.45) is 5.84 Å². The maximum absolute atomic E-state index is 13.6. The van der Waals surface area contributed by atoms with Crippen LogP contribution in [0.15, 0.2) is 30.5 Å². The third-order valence-corrected chi connectivity index (χ3v) is 2.88. The van der Waals surface area contributed by atoms with Gasteiger partial charge in [0.2, 0.25) is 5.95 Å². The second-order valence-corrected chi connectivity index (χ2v) is 4.26. The lowest BCUT2D eigenvalue weighted by atomic mass is 10.0. The Kier molecular flexibility index (Phi) is 3.91. The predicted octanol–water partition coefficient (Wildman–Crippen LogP) is 2.38. The highest BCUT2D eigenvalue weighted by Gasteiger charge is 2.12. The van der Waals surface area contributed by atoms with Gasteiger partial charge in [-0.15, -0.1) is 0 Å². The Morgan fingerprint density at radius 1 is 1.32 bits per heavy atom. The molecule has 4 N–H and O–H groups in total. The summed E-state index contributed by atoms with van der Waals surface area (Å²) in [4.78, 5) is 7.65.